The van der Waals surface area contributed by atoms with E-state index in [1.165, 1.54) is 4.43 Å². The molecular weight excluding hydrogens is 1090 g/mol. The van der Waals surface area contributed by atoms with Crippen LogP contribution in [0, 0.1) is 17.8 Å². The van der Waals surface area contributed by atoms with Crippen LogP contribution in [0.4, 0.5) is 4.70 Å². The molecule has 20 heteroatoms. The van der Waals surface area contributed by atoms with Gasteiger partial charge >= 0.3 is 103 Å². The molecule has 0 saturated carbocycles. The maximum absolute atomic E-state index is 8.64. The summed E-state index contributed by atoms with van der Waals surface area (Å²) in [6.07, 6.45) is 0. The van der Waals surface area contributed by atoms with E-state index < -0.39 is 0 Å². The molecule has 0 spiro atoms. The Morgan fingerprint density at radius 3 is 1.33 bits per heavy atom. The predicted molar refractivity (Wildman–Crippen MR) is 216 cm³/mol. The number of alkyl halides is 1. The van der Waals surface area contributed by atoms with Crippen molar-refractivity contribution in [3.05, 3.63) is 69.6 Å². The Hall–Kier alpha value is 1.14. The van der Waals surface area contributed by atoms with E-state index in [0.29, 0.717) is 11.8 Å². The minimum absolute atomic E-state index is 0. The molecule has 0 saturated heterocycles. The number of hydrogen-bond donors (Lipinski definition) is 1. The summed E-state index contributed by atoms with van der Waals surface area (Å²) in [6.45, 7) is 14.6. The van der Waals surface area contributed by atoms with E-state index in [9.17, 15) is 0 Å². The van der Waals surface area contributed by atoms with Crippen molar-refractivity contribution in [2.45, 2.75) is 54.6 Å². The van der Waals surface area contributed by atoms with Crippen LogP contribution < -0.4 is 108 Å². The number of carbonyl (C=O) groups is 1. The third-order valence-corrected chi connectivity index (χ3v) is 8.48. The van der Waals surface area contributed by atoms with Crippen LogP contribution in [-0.4, -0.2) is 56.3 Å². The standard InChI is InChI=1S/C10H11Br2N3.C10H13N3.C6H5N3.C4H9I.CH2O3.Br2.FH.2K.H/c1-6(2)5-15-13-9-7(11)3-4-8(12)10(9)14-15;1-8(2)7-13-11-9-5-3-4-6-10(9)12-13;1-2-4-6-5(3-1)7-9-8-6;1-4(2)3-5;2-1-4-3;1-2;;;;/h3-4,6H,5H2,1-2H3;3-6,8H,7H2,1-2H3;1-4H,(H,7,8,9);4H,3H2,1-2H3;1,3H;;1H;;;/q;;;;;;;2*+1;-1/p-1. The van der Waals surface area contributed by atoms with Crippen molar-refractivity contribution in [3.8, 4) is 0 Å². The Morgan fingerprint density at radius 2 is 1.04 bits per heavy atom. The van der Waals surface area contributed by atoms with Crippen molar-refractivity contribution < 1.29 is 124 Å². The van der Waals surface area contributed by atoms with Crippen LogP contribution in [0.15, 0.2) is 69.6 Å². The van der Waals surface area contributed by atoms with E-state index in [1.54, 1.807) is 9.59 Å². The summed E-state index contributed by atoms with van der Waals surface area (Å²) < 4.78 is 3.24. The van der Waals surface area contributed by atoms with Gasteiger partial charge in [-0.25, -0.2) is 0 Å². The number of nitrogens with one attached hydrogen (secondary N) is 1. The molecule has 272 valence electrons. The van der Waals surface area contributed by atoms with Gasteiger partial charge in [0.1, 0.15) is 33.1 Å². The second kappa shape index (κ2) is 33.3. The number of rotatable bonds is 6. The molecule has 0 amide bonds. The van der Waals surface area contributed by atoms with Gasteiger partial charge in [0.25, 0.3) is 6.47 Å². The number of benzene rings is 3. The number of H-pyrrole nitrogens is 1. The quantitative estimate of drug-likeness (QED) is 0.0663. The fourth-order valence-electron chi connectivity index (χ4n) is 3.48. The molecule has 0 aliphatic carbocycles. The van der Waals surface area contributed by atoms with Gasteiger partial charge in [-0.05, 0) is 86.0 Å². The number of aromatic amines is 1. The smallest absolute Gasteiger partial charge is 1.00 e. The average molecular weight is 1130 g/mol. The van der Waals surface area contributed by atoms with Crippen LogP contribution in [0.1, 0.15) is 43.0 Å². The molecule has 0 fully saturated rings. The Kier molecular flexibility index (Phi) is 36.9. The Balaban J connectivity index is -0.000000286. The summed E-state index contributed by atoms with van der Waals surface area (Å²) in [5.74, 6) is 2.00. The summed E-state index contributed by atoms with van der Waals surface area (Å²) in [5, 5.41) is 36.3. The van der Waals surface area contributed by atoms with Gasteiger partial charge in [0, 0.05) is 41.6 Å². The predicted octanol–water partition coefficient (Wildman–Crippen LogP) is 3.13. The number of halogens is 6. The fraction of sp³-hybridized carbons (Fsp3) is 0.387. The van der Waals surface area contributed by atoms with Crippen LogP contribution in [0.5, 0.6) is 0 Å². The SMILES string of the molecule is BrBr.CC(C)CI.CC(C)Cn1nc2c(Br)ccc(Br)c2n1.CC(C)Cn1nc2ccccc2n1.F.O=CO[O-].[H-].[K+].[K+].c1ccc2n[nH]nc2c1. The number of para-hydroxylation sites is 2. The first-order chi connectivity index (χ1) is 23.0. The summed E-state index contributed by atoms with van der Waals surface area (Å²) in [6, 6.07) is 19.6. The maximum Gasteiger partial charge on any atom is 1.00 e. The van der Waals surface area contributed by atoms with E-state index in [4.69, 9.17) is 10.1 Å². The van der Waals surface area contributed by atoms with Gasteiger partial charge in [0.05, 0.1) is 13.1 Å². The zero-order valence-electron chi connectivity index (χ0n) is 30.8. The third kappa shape index (κ3) is 23.1. The first kappa shape index (κ1) is 56.5. The molecule has 6 rings (SSSR count). The summed E-state index contributed by atoms with van der Waals surface area (Å²) in [5.41, 5.74) is 5.59. The van der Waals surface area contributed by atoms with Crippen molar-refractivity contribution >= 4 is 122 Å². The van der Waals surface area contributed by atoms with E-state index in [1.807, 2.05) is 60.7 Å². The van der Waals surface area contributed by atoms with Gasteiger partial charge in [0.2, 0.25) is 0 Å². The van der Waals surface area contributed by atoms with Gasteiger partial charge in [0.15, 0.2) is 0 Å². The van der Waals surface area contributed by atoms with Crippen LogP contribution in [0.2, 0.25) is 0 Å². The molecule has 0 aliphatic rings. The second-order valence-electron chi connectivity index (χ2n) is 11.1. The molecule has 3 heterocycles. The van der Waals surface area contributed by atoms with Crippen LogP contribution in [0.25, 0.3) is 33.1 Å². The number of aromatic nitrogens is 9. The Labute approximate surface area is 430 Å². The summed E-state index contributed by atoms with van der Waals surface area (Å²) in [4.78, 5) is 14.8. The normalized spacial score (nSPS) is 9.55. The van der Waals surface area contributed by atoms with Crippen molar-refractivity contribution in [2.75, 3.05) is 4.43 Å². The zero-order valence-corrected chi connectivity index (χ0v) is 44.6. The molecule has 51 heavy (non-hydrogen) atoms. The molecule has 1 N–H and O–H groups in total. The van der Waals surface area contributed by atoms with Gasteiger partial charge in [-0.1, -0.05) is 88.4 Å². The molecule has 0 bridgehead atoms. The van der Waals surface area contributed by atoms with Gasteiger partial charge < -0.3 is 11.6 Å². The van der Waals surface area contributed by atoms with Crippen LogP contribution in [0.3, 0.4) is 0 Å². The zero-order chi connectivity index (χ0) is 36.1. The molecule has 3 aromatic heterocycles. The van der Waals surface area contributed by atoms with E-state index in [2.05, 4.69) is 165 Å². The third-order valence-electron chi connectivity index (χ3n) is 5.44. The summed E-state index contributed by atoms with van der Waals surface area (Å²) in [7, 11) is 0. The molecule has 6 aromatic rings. The topological polar surface area (TPSA) is 152 Å². The first-order valence-corrected chi connectivity index (χ1v) is 21.5. The monoisotopic (exact) mass is 1130 g/mol. The number of hydrogen-bond acceptors (Lipinski definition) is 9. The van der Waals surface area contributed by atoms with E-state index in [0.717, 1.165) is 61.1 Å². The van der Waals surface area contributed by atoms with Gasteiger partial charge in [-0.3, -0.25) is 9.50 Å². The maximum atomic E-state index is 8.64. The van der Waals surface area contributed by atoms with E-state index in [-0.39, 0.29) is 115 Å². The largest absolute Gasteiger partial charge is 1.00 e. The number of fused-ring (bicyclic) bond motifs is 3. The summed E-state index contributed by atoms with van der Waals surface area (Å²) >= 11 is 14.8. The van der Waals surface area contributed by atoms with Crippen molar-refractivity contribution in [1.29, 1.82) is 0 Å². The first-order valence-electron chi connectivity index (χ1n) is 14.7. The number of nitrogens with zero attached hydrogens (tertiary/aromatic N) is 8. The molecule has 12 nitrogen and oxygen atoms in total. The fourth-order valence-corrected chi connectivity index (χ4v) is 4.28. The van der Waals surface area contributed by atoms with Crippen molar-refractivity contribution in [2.24, 2.45) is 17.8 Å². The molecule has 0 unspecified atom stereocenters. The molecule has 0 radical (unpaired) electrons. The van der Waals surface area contributed by atoms with Gasteiger partial charge in [-0.15, -0.1) is 0 Å². The van der Waals surface area contributed by atoms with Gasteiger partial charge in [-0.2, -0.15) is 45.4 Å². The second-order valence-corrected chi connectivity index (χ2v) is 13.7. The van der Waals surface area contributed by atoms with Crippen LogP contribution >= 0.6 is 82.7 Å². The van der Waals surface area contributed by atoms with Crippen molar-refractivity contribution in [3.63, 3.8) is 0 Å². The molecule has 3 aromatic carbocycles. The number of carbonyl (C=O) groups excluding carboxylic acids is 1. The molecule has 0 aliphatic heterocycles. The molecular formula is C31H41Br4FIK2N9O3. The average Bonchev–Trinajstić information content (AvgIpc) is 3.83. The van der Waals surface area contributed by atoms with Crippen molar-refractivity contribution in [1.82, 2.24) is 45.4 Å². The molecule has 0 atom stereocenters. The Bertz CT molecular complexity index is 1670. The minimum atomic E-state index is -0.181. The van der Waals surface area contributed by atoms with E-state index >= 15 is 0 Å². The minimum Gasteiger partial charge on any atom is -1.00 e. The van der Waals surface area contributed by atoms with Crippen LogP contribution in [-0.2, 0) is 22.8 Å². The Morgan fingerprint density at radius 1 is 0.725 bits per heavy atom.